The summed E-state index contributed by atoms with van der Waals surface area (Å²) in [5, 5.41) is 28.0. The predicted octanol–water partition coefficient (Wildman–Crippen LogP) is 10.6. The third-order valence-corrected chi connectivity index (χ3v) is 11.1. The molecule has 0 saturated heterocycles. The van der Waals surface area contributed by atoms with Crippen LogP contribution in [0.25, 0.3) is 66.8 Å². The van der Waals surface area contributed by atoms with Crippen molar-refractivity contribution in [3.8, 4) is 45.0 Å². The quantitative estimate of drug-likeness (QED) is 0.115. The Balaban J connectivity index is 1.01. The molecule has 0 aliphatic heterocycles. The standard InChI is InChI=1S/C53H38N10O3/c1-2-63-43-26-16-15-25-39(43)41-32-38(28-30-44(41)63)54-51(66)42-31-37(49(64)57-52-55-45(33-17-7-3-8-18-33)47(59-61-52)35-21-11-5-12-22-35)27-29-40(42)50(65)58-53-56-46(34-19-9-4-10-20-34)48(60-62-53)36-23-13-6-14-24-36/h3-32H,2H2,1H3,(H,54,66)(H,55,57,61,64)(H,56,58,62,65). The summed E-state index contributed by atoms with van der Waals surface area (Å²) in [7, 11) is 0. The molecule has 0 atom stereocenters. The molecule has 10 rings (SSSR count). The van der Waals surface area contributed by atoms with Gasteiger partial charge in [-0.05, 0) is 49.4 Å². The molecule has 3 aromatic heterocycles. The van der Waals surface area contributed by atoms with Crippen LogP contribution in [0, 0.1) is 0 Å². The lowest BCUT2D eigenvalue weighted by Crippen LogP contribution is -2.23. The van der Waals surface area contributed by atoms with E-state index >= 15 is 0 Å². The van der Waals surface area contributed by atoms with Crippen molar-refractivity contribution in [2.75, 3.05) is 16.0 Å². The average molecular weight is 863 g/mol. The minimum Gasteiger partial charge on any atom is -0.341 e. The monoisotopic (exact) mass is 862 g/mol. The molecule has 66 heavy (non-hydrogen) atoms. The fourth-order valence-corrected chi connectivity index (χ4v) is 8.02. The topological polar surface area (TPSA) is 170 Å². The van der Waals surface area contributed by atoms with Crippen molar-refractivity contribution in [3.05, 3.63) is 199 Å². The molecule has 0 aliphatic rings. The van der Waals surface area contributed by atoms with Crippen LogP contribution < -0.4 is 16.0 Å². The molecule has 318 valence electrons. The summed E-state index contributed by atoms with van der Waals surface area (Å²) < 4.78 is 2.21. The Bertz CT molecular complexity index is 3440. The summed E-state index contributed by atoms with van der Waals surface area (Å²) in [6, 6.07) is 56.0. The van der Waals surface area contributed by atoms with Crippen molar-refractivity contribution < 1.29 is 14.4 Å². The second-order valence-electron chi connectivity index (χ2n) is 15.2. The maximum absolute atomic E-state index is 14.5. The van der Waals surface area contributed by atoms with Crippen LogP contribution in [0.5, 0.6) is 0 Å². The number of hydrogen-bond acceptors (Lipinski definition) is 9. The van der Waals surface area contributed by atoms with Crippen molar-refractivity contribution in [2.24, 2.45) is 0 Å². The molecule has 3 heterocycles. The van der Waals surface area contributed by atoms with Gasteiger partial charge in [0.1, 0.15) is 22.8 Å². The Kier molecular flexibility index (Phi) is 11.0. The van der Waals surface area contributed by atoms with Gasteiger partial charge in [-0.25, -0.2) is 9.97 Å². The summed E-state index contributed by atoms with van der Waals surface area (Å²) in [6.07, 6.45) is 0. The lowest BCUT2D eigenvalue weighted by molar-refractivity contribution is 0.0988. The molecule has 0 saturated carbocycles. The van der Waals surface area contributed by atoms with Crippen LogP contribution in [-0.2, 0) is 6.54 Å². The number of hydrogen-bond donors (Lipinski definition) is 3. The normalized spacial score (nSPS) is 11.0. The number of carbonyl (C=O) groups excluding carboxylic acids is 3. The van der Waals surface area contributed by atoms with E-state index in [4.69, 9.17) is 9.97 Å². The van der Waals surface area contributed by atoms with Gasteiger partial charge in [-0.3, -0.25) is 25.0 Å². The van der Waals surface area contributed by atoms with Gasteiger partial charge in [0, 0.05) is 61.9 Å². The summed E-state index contributed by atoms with van der Waals surface area (Å²) in [6.45, 7) is 2.85. The van der Waals surface area contributed by atoms with Gasteiger partial charge >= 0.3 is 0 Å². The molecule has 0 unspecified atom stereocenters. The number of benzene rings is 7. The highest BCUT2D eigenvalue weighted by Crippen LogP contribution is 2.33. The Hall–Kier alpha value is -9.23. The number of rotatable bonds is 11. The van der Waals surface area contributed by atoms with Crippen molar-refractivity contribution >= 4 is 57.1 Å². The number of nitrogens with one attached hydrogen (secondary N) is 3. The van der Waals surface area contributed by atoms with E-state index in [2.05, 4.69) is 53.9 Å². The van der Waals surface area contributed by atoms with E-state index < -0.39 is 17.7 Å². The largest absolute Gasteiger partial charge is 0.341 e. The van der Waals surface area contributed by atoms with Crippen LogP contribution in [0.2, 0.25) is 0 Å². The summed E-state index contributed by atoms with van der Waals surface area (Å²) in [4.78, 5) is 52.3. The number of carbonyl (C=O) groups is 3. The molecule has 3 N–H and O–H groups in total. The minimum absolute atomic E-state index is 0.0406. The first-order valence-electron chi connectivity index (χ1n) is 21.2. The zero-order chi connectivity index (χ0) is 45.0. The fraction of sp³-hybridized carbons (Fsp3) is 0.0377. The third kappa shape index (κ3) is 8.11. The first-order chi connectivity index (χ1) is 32.4. The summed E-state index contributed by atoms with van der Waals surface area (Å²) in [5.74, 6) is -2.09. The summed E-state index contributed by atoms with van der Waals surface area (Å²) in [5.41, 5.74) is 7.74. The van der Waals surface area contributed by atoms with E-state index in [0.29, 0.717) is 28.5 Å². The average Bonchev–Trinajstić information content (AvgIpc) is 3.70. The van der Waals surface area contributed by atoms with Gasteiger partial charge in [-0.2, -0.15) is 0 Å². The van der Waals surface area contributed by atoms with E-state index in [9.17, 15) is 14.4 Å². The van der Waals surface area contributed by atoms with E-state index in [1.165, 1.54) is 18.2 Å². The third-order valence-electron chi connectivity index (χ3n) is 11.1. The van der Waals surface area contributed by atoms with Crippen molar-refractivity contribution in [1.29, 1.82) is 0 Å². The van der Waals surface area contributed by atoms with Gasteiger partial charge in [-0.1, -0.05) is 140 Å². The van der Waals surface area contributed by atoms with E-state index in [-0.39, 0.29) is 28.6 Å². The highest BCUT2D eigenvalue weighted by atomic mass is 16.2. The van der Waals surface area contributed by atoms with Gasteiger partial charge < -0.3 is 9.88 Å². The van der Waals surface area contributed by atoms with E-state index in [1.54, 1.807) is 0 Å². The number of nitrogens with zero attached hydrogens (tertiary/aromatic N) is 7. The van der Waals surface area contributed by atoms with Crippen LogP contribution in [-0.4, -0.2) is 52.7 Å². The van der Waals surface area contributed by atoms with Gasteiger partial charge in [0.15, 0.2) is 0 Å². The first-order valence-corrected chi connectivity index (χ1v) is 21.2. The highest BCUT2D eigenvalue weighted by Gasteiger charge is 2.24. The summed E-state index contributed by atoms with van der Waals surface area (Å²) >= 11 is 0. The number of para-hydroxylation sites is 1. The Morgan fingerprint density at radius 2 is 0.894 bits per heavy atom. The smallest absolute Gasteiger partial charge is 0.258 e. The Labute approximate surface area is 378 Å². The van der Waals surface area contributed by atoms with Crippen LogP contribution in [0.1, 0.15) is 38.0 Å². The van der Waals surface area contributed by atoms with Crippen LogP contribution >= 0.6 is 0 Å². The second kappa shape index (κ2) is 17.9. The molecule has 10 aromatic rings. The molecule has 0 aliphatic carbocycles. The fourth-order valence-electron chi connectivity index (χ4n) is 8.02. The van der Waals surface area contributed by atoms with Gasteiger partial charge in [0.2, 0.25) is 11.9 Å². The van der Waals surface area contributed by atoms with Gasteiger partial charge in [-0.15, -0.1) is 20.4 Å². The number of anilines is 3. The number of aromatic nitrogens is 7. The van der Waals surface area contributed by atoms with Crippen molar-refractivity contribution in [3.63, 3.8) is 0 Å². The molecule has 0 bridgehead atoms. The molecule has 0 radical (unpaired) electrons. The first kappa shape index (κ1) is 40.8. The minimum atomic E-state index is -0.696. The van der Waals surface area contributed by atoms with Crippen molar-refractivity contribution in [2.45, 2.75) is 13.5 Å². The number of amides is 3. The molecule has 0 spiro atoms. The molecular formula is C53H38N10O3. The SMILES string of the molecule is CCn1c2ccccc2c2cc(NC(=O)c3cc(C(=O)Nc4nnc(-c5ccccc5)c(-c5ccccc5)n4)ccc3C(=O)Nc3nnc(-c4ccccc4)c(-c4ccccc4)n3)ccc21. The lowest BCUT2D eigenvalue weighted by atomic mass is 10.0. The zero-order valence-electron chi connectivity index (χ0n) is 35.4. The van der Waals surface area contributed by atoms with Gasteiger partial charge in [0.05, 0.1) is 11.1 Å². The van der Waals surface area contributed by atoms with Crippen molar-refractivity contribution in [1.82, 2.24) is 34.9 Å². The molecule has 7 aromatic carbocycles. The predicted molar refractivity (Wildman–Crippen MR) is 257 cm³/mol. The van der Waals surface area contributed by atoms with Gasteiger partial charge in [0.25, 0.3) is 17.7 Å². The molecule has 3 amide bonds. The Morgan fingerprint density at radius 3 is 1.44 bits per heavy atom. The molecule has 0 fully saturated rings. The lowest BCUT2D eigenvalue weighted by Gasteiger charge is -2.14. The molecule has 13 nitrogen and oxygen atoms in total. The Morgan fingerprint density at radius 1 is 0.424 bits per heavy atom. The van der Waals surface area contributed by atoms with E-state index in [1.807, 2.05) is 158 Å². The number of aryl methyl sites for hydroxylation is 1. The maximum Gasteiger partial charge on any atom is 0.258 e. The number of fused-ring (bicyclic) bond motifs is 3. The zero-order valence-corrected chi connectivity index (χ0v) is 35.4. The second-order valence-corrected chi connectivity index (χ2v) is 15.2. The van der Waals surface area contributed by atoms with E-state index in [0.717, 1.165) is 50.6 Å². The highest BCUT2D eigenvalue weighted by molar-refractivity contribution is 6.17. The van der Waals surface area contributed by atoms with Crippen LogP contribution in [0.15, 0.2) is 182 Å². The maximum atomic E-state index is 14.5. The van der Waals surface area contributed by atoms with Crippen LogP contribution in [0.4, 0.5) is 17.6 Å². The molecule has 13 heteroatoms. The molecular weight excluding hydrogens is 825 g/mol. The van der Waals surface area contributed by atoms with Crippen LogP contribution in [0.3, 0.4) is 0 Å².